The zero-order valence-electron chi connectivity index (χ0n) is 27.4. The zero-order valence-corrected chi connectivity index (χ0v) is 28.2. The maximum Gasteiger partial charge on any atom is 0.420 e. The molecule has 2 fully saturated rings. The summed E-state index contributed by atoms with van der Waals surface area (Å²) < 4.78 is 83.9. The lowest BCUT2D eigenvalue weighted by Gasteiger charge is -2.40. The summed E-state index contributed by atoms with van der Waals surface area (Å²) in [6.45, 7) is 3.19. The van der Waals surface area contributed by atoms with Crippen molar-refractivity contribution in [3.63, 3.8) is 0 Å². The molecule has 264 valence electrons. The van der Waals surface area contributed by atoms with E-state index in [4.69, 9.17) is 15.2 Å². The minimum atomic E-state index is -3.91. The molecule has 5 rings (SSSR count). The van der Waals surface area contributed by atoms with E-state index in [-0.39, 0.29) is 40.5 Å². The third kappa shape index (κ3) is 7.99. The number of nitrogens with two attached hydrogens (primary N) is 1. The third-order valence-electron chi connectivity index (χ3n) is 9.29. The van der Waals surface area contributed by atoms with E-state index in [1.165, 1.54) is 34.6 Å². The lowest BCUT2D eigenvalue weighted by molar-refractivity contribution is -0.120. The molecule has 0 aromatic heterocycles. The highest BCUT2D eigenvalue weighted by Crippen LogP contribution is 2.37. The van der Waals surface area contributed by atoms with E-state index in [9.17, 15) is 26.8 Å². The number of anilines is 1. The first-order chi connectivity index (χ1) is 23.4. The molecule has 0 unspecified atom stereocenters. The largest absolute Gasteiger partial charge is 0.452 e. The molecule has 0 aliphatic carbocycles. The first-order valence-corrected chi connectivity index (χ1v) is 17.7. The van der Waals surface area contributed by atoms with E-state index < -0.39 is 63.5 Å². The third-order valence-corrected chi connectivity index (χ3v) is 11.4. The topological polar surface area (TPSA) is 131 Å². The fraction of sp³-hybridized carbons (Fsp3) is 0.429. The van der Waals surface area contributed by atoms with Gasteiger partial charge in [0.1, 0.15) is 17.5 Å². The zero-order chi connectivity index (χ0) is 35.3. The predicted molar refractivity (Wildman–Crippen MR) is 177 cm³/mol. The standard InChI is InChI=1S/C35H41F3N4O6S/c1-22-20-40-21-27(42(22)49(45,46)28-7-4-3-5-8-28)11-12-29-30(38)9-6-10-31(29)41(35(44)47-2)34(43)33(39)32(23-13-15-48-16-14-23)24-17-25(36)19-26(37)18-24/h3-10,17-19,22-23,27,32-33,40H,11-16,20-21,39H2,1-2H3/t22-,27+,32-,33+/m1/s1. The van der Waals surface area contributed by atoms with E-state index in [0.717, 1.165) is 19.2 Å². The van der Waals surface area contributed by atoms with Crippen LogP contribution in [-0.2, 0) is 30.7 Å². The van der Waals surface area contributed by atoms with Crippen LogP contribution < -0.4 is 16.0 Å². The highest BCUT2D eigenvalue weighted by Gasteiger charge is 2.41. The van der Waals surface area contributed by atoms with Gasteiger partial charge >= 0.3 is 6.09 Å². The maximum absolute atomic E-state index is 15.7. The Labute approximate surface area is 284 Å². The molecule has 3 aromatic rings. The van der Waals surface area contributed by atoms with Crippen LogP contribution in [0, 0.1) is 23.4 Å². The Balaban J connectivity index is 1.48. The molecular formula is C35H41F3N4O6S. The van der Waals surface area contributed by atoms with Gasteiger partial charge in [0.05, 0.1) is 23.7 Å². The predicted octanol–water partition coefficient (Wildman–Crippen LogP) is 4.72. The maximum atomic E-state index is 15.7. The highest BCUT2D eigenvalue weighted by atomic mass is 32.2. The Kier molecular flexibility index (Phi) is 11.8. The lowest BCUT2D eigenvalue weighted by atomic mass is 9.76. The molecular weight excluding hydrogens is 661 g/mol. The molecule has 2 aliphatic heterocycles. The van der Waals surface area contributed by atoms with E-state index in [1.54, 1.807) is 25.1 Å². The Morgan fingerprint density at radius 3 is 2.35 bits per heavy atom. The van der Waals surface area contributed by atoms with Gasteiger partial charge in [-0.25, -0.2) is 31.3 Å². The number of nitrogens with zero attached hydrogens (tertiary/aromatic N) is 2. The number of hydrogen-bond acceptors (Lipinski definition) is 8. The van der Waals surface area contributed by atoms with E-state index in [1.807, 2.05) is 0 Å². The number of halogens is 3. The van der Waals surface area contributed by atoms with Gasteiger partial charge in [-0.05, 0) is 80.5 Å². The van der Waals surface area contributed by atoms with Gasteiger partial charge in [0, 0.05) is 55.9 Å². The van der Waals surface area contributed by atoms with Crippen LogP contribution in [-0.4, -0.2) is 76.3 Å². The Bertz CT molecular complexity index is 1720. The number of amides is 2. The second-order valence-corrected chi connectivity index (χ2v) is 14.3. The number of carbonyl (C=O) groups is 2. The molecule has 2 aliphatic rings. The summed E-state index contributed by atoms with van der Waals surface area (Å²) in [7, 11) is -2.85. The average molecular weight is 703 g/mol. The van der Waals surface area contributed by atoms with Crippen LogP contribution in [0.1, 0.15) is 43.2 Å². The van der Waals surface area contributed by atoms with E-state index in [2.05, 4.69) is 5.32 Å². The minimum Gasteiger partial charge on any atom is -0.452 e. The second kappa shape index (κ2) is 15.8. The normalized spacial score (nSPS) is 20.4. The van der Waals surface area contributed by atoms with Gasteiger partial charge in [0.15, 0.2) is 0 Å². The van der Waals surface area contributed by atoms with Crippen LogP contribution in [0.15, 0.2) is 71.6 Å². The SMILES string of the molecule is COC(=O)N(C(=O)[C@@H](N)[C@@H](c1cc(F)cc(F)c1)C1CCOCC1)c1cccc(F)c1CC[C@H]1CNC[C@@H](C)N1S(=O)(=O)c1ccccc1. The van der Waals surface area contributed by atoms with Crippen LogP contribution in [0.3, 0.4) is 0 Å². The molecule has 0 spiro atoms. The molecule has 10 nitrogen and oxygen atoms in total. The van der Waals surface area contributed by atoms with Crippen molar-refractivity contribution in [2.75, 3.05) is 38.3 Å². The van der Waals surface area contributed by atoms with Crippen molar-refractivity contribution >= 4 is 27.7 Å². The van der Waals surface area contributed by atoms with Crippen LogP contribution in [0.4, 0.5) is 23.7 Å². The molecule has 3 N–H and O–H groups in total. The summed E-state index contributed by atoms with van der Waals surface area (Å²) in [6, 6.07) is 12.4. The van der Waals surface area contributed by atoms with E-state index >= 15 is 4.39 Å². The molecule has 0 radical (unpaired) electrons. The molecule has 14 heteroatoms. The molecule has 4 atom stereocenters. The fourth-order valence-electron chi connectivity index (χ4n) is 7.01. The van der Waals surface area contributed by atoms with Gasteiger partial charge in [-0.15, -0.1) is 0 Å². The smallest absolute Gasteiger partial charge is 0.420 e. The number of rotatable bonds is 10. The number of carbonyl (C=O) groups excluding carboxylic acids is 2. The molecule has 0 bridgehead atoms. The molecule has 3 aromatic carbocycles. The lowest BCUT2D eigenvalue weighted by Crippen LogP contribution is -2.58. The number of benzene rings is 3. The number of imide groups is 1. The average Bonchev–Trinajstić information content (AvgIpc) is 3.08. The Morgan fingerprint density at radius 2 is 1.69 bits per heavy atom. The van der Waals surface area contributed by atoms with Crippen molar-refractivity contribution < 1.29 is 40.7 Å². The summed E-state index contributed by atoms with van der Waals surface area (Å²) in [6.07, 6.45) is -0.159. The quantitative estimate of drug-likeness (QED) is 0.311. The van der Waals surface area contributed by atoms with Crippen LogP contribution in [0.25, 0.3) is 0 Å². The number of sulfonamides is 1. The molecule has 2 heterocycles. The number of hydrogen-bond donors (Lipinski definition) is 2. The number of methoxy groups -OCH3 is 1. The number of ether oxygens (including phenoxy) is 2. The van der Waals surface area contributed by atoms with Crippen molar-refractivity contribution in [2.24, 2.45) is 11.7 Å². The Hall–Kier alpha value is -3.82. The van der Waals surface area contributed by atoms with Crippen molar-refractivity contribution in [1.82, 2.24) is 9.62 Å². The molecule has 49 heavy (non-hydrogen) atoms. The first-order valence-electron chi connectivity index (χ1n) is 16.2. The van der Waals surface area contributed by atoms with Gasteiger partial charge in [-0.3, -0.25) is 4.79 Å². The Morgan fingerprint density at radius 1 is 1.02 bits per heavy atom. The second-order valence-electron chi connectivity index (χ2n) is 12.4. The van der Waals surface area contributed by atoms with Crippen molar-refractivity contribution in [2.45, 2.75) is 61.5 Å². The highest BCUT2D eigenvalue weighted by molar-refractivity contribution is 7.89. The molecule has 2 saturated heterocycles. The summed E-state index contributed by atoms with van der Waals surface area (Å²) >= 11 is 0. The van der Waals surface area contributed by atoms with Crippen LogP contribution >= 0.6 is 0 Å². The first kappa shape index (κ1) is 36.5. The fourth-order valence-corrected chi connectivity index (χ4v) is 8.87. The molecule has 0 saturated carbocycles. The molecule has 2 amide bonds. The van der Waals surface area contributed by atoms with Gasteiger partial charge in [-0.2, -0.15) is 4.31 Å². The van der Waals surface area contributed by atoms with Crippen LogP contribution in [0.2, 0.25) is 0 Å². The summed E-state index contributed by atoms with van der Waals surface area (Å²) in [5.74, 6) is -4.62. The number of piperazine rings is 1. The van der Waals surface area contributed by atoms with Crippen LogP contribution in [0.5, 0.6) is 0 Å². The van der Waals surface area contributed by atoms with Crippen molar-refractivity contribution in [1.29, 1.82) is 0 Å². The monoisotopic (exact) mass is 702 g/mol. The summed E-state index contributed by atoms with van der Waals surface area (Å²) in [4.78, 5) is 28.4. The van der Waals surface area contributed by atoms with E-state index in [0.29, 0.717) is 50.1 Å². The number of nitrogens with one attached hydrogen (secondary N) is 1. The minimum absolute atomic E-state index is 0.0249. The van der Waals surface area contributed by atoms with Gasteiger partial charge in [0.25, 0.3) is 5.91 Å². The summed E-state index contributed by atoms with van der Waals surface area (Å²) in [5.41, 5.74) is 6.61. The summed E-state index contributed by atoms with van der Waals surface area (Å²) in [5, 5.41) is 3.24. The van der Waals surface area contributed by atoms with Crippen molar-refractivity contribution in [3.8, 4) is 0 Å². The van der Waals surface area contributed by atoms with Gasteiger partial charge < -0.3 is 20.5 Å². The van der Waals surface area contributed by atoms with Gasteiger partial charge in [-0.1, -0.05) is 24.3 Å². The van der Waals surface area contributed by atoms with Crippen molar-refractivity contribution in [3.05, 3.63) is 95.3 Å². The van der Waals surface area contributed by atoms with Gasteiger partial charge in [0.2, 0.25) is 10.0 Å².